The lowest BCUT2D eigenvalue weighted by Gasteiger charge is -1.91. The van der Waals surface area contributed by atoms with Crippen LogP contribution in [0.25, 0.3) is 0 Å². The van der Waals surface area contributed by atoms with Crippen LogP contribution in [-0.2, 0) is 9.30 Å². The minimum atomic E-state index is -0.398. The van der Waals surface area contributed by atoms with Gasteiger partial charge in [-0.05, 0) is 6.92 Å². The summed E-state index contributed by atoms with van der Waals surface area (Å²) >= 11 is 0. The lowest BCUT2D eigenvalue weighted by molar-refractivity contribution is 0.200. The topological polar surface area (TPSA) is 26.3 Å². The Bertz CT molecular complexity index is 46.1. The molecule has 0 aromatic carbocycles. The van der Waals surface area contributed by atoms with Crippen molar-refractivity contribution in [2.24, 2.45) is 0 Å². The van der Waals surface area contributed by atoms with E-state index in [0.29, 0.717) is 0 Å². The summed E-state index contributed by atoms with van der Waals surface area (Å²) in [7, 11) is 1.41. The van der Waals surface area contributed by atoms with E-state index in [0.717, 1.165) is 0 Å². The summed E-state index contributed by atoms with van der Waals surface area (Å²) in [6, 6.07) is 0. The molecule has 6 heavy (non-hydrogen) atoms. The van der Waals surface area contributed by atoms with Crippen molar-refractivity contribution in [3.8, 4) is 0 Å². The fourth-order valence-electron chi connectivity index (χ4n) is 0.0430. The van der Waals surface area contributed by atoms with E-state index in [1.807, 2.05) is 0 Å². The highest BCUT2D eigenvalue weighted by Gasteiger charge is 1.91. The smallest absolute Gasteiger partial charge is 0.187 e. The van der Waals surface area contributed by atoms with Crippen LogP contribution in [-0.4, -0.2) is 13.0 Å². The van der Waals surface area contributed by atoms with Crippen LogP contribution < -0.4 is 0 Å². The molecule has 0 aromatic rings. The van der Waals surface area contributed by atoms with Crippen molar-refractivity contribution >= 4 is 8.46 Å². The Morgan fingerprint density at radius 1 is 2.00 bits per heavy atom. The summed E-state index contributed by atoms with van der Waals surface area (Å²) in [5.74, 6) is -0.398. The molecule has 0 aliphatic carbocycles. The third-order valence-corrected chi connectivity index (χ3v) is 0.836. The van der Waals surface area contributed by atoms with Crippen LogP contribution in [0.2, 0.25) is 0 Å². The highest BCUT2D eigenvalue weighted by atomic mass is 31.1. The van der Waals surface area contributed by atoms with Crippen LogP contribution in [0.3, 0.4) is 0 Å². The second-order valence-electron chi connectivity index (χ2n) is 0.796. The standard InChI is InChI=1S/C3H6O2P/c1-3(5-2)6-4/h3H,1H2,2H3. The molecule has 2 nitrogen and oxygen atoms in total. The predicted octanol–water partition coefficient (Wildman–Crippen LogP) is 1.08. The molecule has 35 valence electrons. The van der Waals surface area contributed by atoms with Gasteiger partial charge in [-0.15, -0.1) is 0 Å². The molecular weight excluding hydrogens is 99.0 g/mol. The first kappa shape index (κ1) is 6.06. The van der Waals surface area contributed by atoms with E-state index in [2.05, 4.69) is 11.7 Å². The molecule has 0 saturated carbocycles. The van der Waals surface area contributed by atoms with Crippen molar-refractivity contribution < 1.29 is 9.30 Å². The number of ether oxygens (including phenoxy) is 1. The Labute approximate surface area is 38.7 Å². The first-order chi connectivity index (χ1) is 2.81. The number of hydrogen-bond acceptors (Lipinski definition) is 2. The highest BCUT2D eigenvalue weighted by Crippen LogP contribution is 2.02. The van der Waals surface area contributed by atoms with Crippen molar-refractivity contribution in [3.05, 3.63) is 6.92 Å². The molecule has 0 aliphatic heterocycles. The van der Waals surface area contributed by atoms with Crippen LogP contribution in [0.4, 0.5) is 0 Å². The third-order valence-electron chi connectivity index (χ3n) is 0.390. The normalized spacial score (nSPS) is 15.0. The quantitative estimate of drug-likeness (QED) is 0.491. The number of methoxy groups -OCH3 is 1. The maximum Gasteiger partial charge on any atom is 0.187 e. The van der Waals surface area contributed by atoms with Gasteiger partial charge in [0.15, 0.2) is 8.46 Å². The maximum atomic E-state index is 9.65. The zero-order valence-electron chi connectivity index (χ0n) is 3.55. The molecule has 1 radical (unpaired) electrons. The molecule has 0 N–H and O–H groups in total. The average molecular weight is 105 g/mol. The summed E-state index contributed by atoms with van der Waals surface area (Å²) in [6.07, 6.45) is 0. The maximum absolute atomic E-state index is 9.65. The molecular formula is C3H6O2P. The van der Waals surface area contributed by atoms with Crippen LogP contribution >= 0.6 is 8.46 Å². The van der Waals surface area contributed by atoms with E-state index in [4.69, 9.17) is 0 Å². The Hall–Kier alpha value is 0.0600. The SMILES string of the molecule is [CH2]C(OC)P=O. The van der Waals surface area contributed by atoms with Crippen LogP contribution in [0.5, 0.6) is 0 Å². The fraction of sp³-hybridized carbons (Fsp3) is 0.667. The van der Waals surface area contributed by atoms with Gasteiger partial charge < -0.3 is 4.74 Å². The third kappa shape index (κ3) is 2.31. The summed E-state index contributed by atoms with van der Waals surface area (Å²) < 4.78 is 14.1. The molecule has 1 unspecified atom stereocenters. The largest absolute Gasteiger partial charge is 0.369 e. The van der Waals surface area contributed by atoms with Crippen LogP contribution in [0, 0.1) is 6.92 Å². The zero-order valence-corrected chi connectivity index (χ0v) is 4.44. The summed E-state index contributed by atoms with van der Waals surface area (Å²) in [4.78, 5) is 0. The molecule has 0 amide bonds. The van der Waals surface area contributed by atoms with Gasteiger partial charge >= 0.3 is 0 Å². The second-order valence-corrected chi connectivity index (χ2v) is 1.58. The van der Waals surface area contributed by atoms with Gasteiger partial charge in [0.25, 0.3) is 0 Å². The van der Waals surface area contributed by atoms with Gasteiger partial charge in [-0.1, -0.05) is 0 Å². The Morgan fingerprint density at radius 2 is 2.50 bits per heavy atom. The van der Waals surface area contributed by atoms with E-state index >= 15 is 0 Å². The van der Waals surface area contributed by atoms with Crippen molar-refractivity contribution in [2.75, 3.05) is 7.11 Å². The molecule has 0 aromatic heterocycles. The Morgan fingerprint density at radius 3 is 2.50 bits per heavy atom. The first-order valence-corrected chi connectivity index (χ1v) is 2.37. The minimum Gasteiger partial charge on any atom is -0.369 e. The summed E-state index contributed by atoms with van der Waals surface area (Å²) in [5.41, 5.74) is 0. The monoisotopic (exact) mass is 105 g/mol. The first-order valence-electron chi connectivity index (χ1n) is 1.49. The zero-order chi connectivity index (χ0) is 4.99. The summed E-state index contributed by atoms with van der Waals surface area (Å²) in [5, 5.41) is 0. The molecule has 0 aliphatic rings. The van der Waals surface area contributed by atoms with Gasteiger partial charge in [-0.3, -0.25) is 4.57 Å². The second kappa shape index (κ2) is 3.26. The summed E-state index contributed by atoms with van der Waals surface area (Å²) in [6.45, 7) is 3.33. The lowest BCUT2D eigenvalue weighted by atomic mass is 10.9. The molecule has 0 spiro atoms. The van der Waals surface area contributed by atoms with E-state index in [1.54, 1.807) is 0 Å². The van der Waals surface area contributed by atoms with Gasteiger partial charge in [0, 0.05) is 7.11 Å². The van der Waals surface area contributed by atoms with Crippen molar-refractivity contribution in [1.29, 1.82) is 0 Å². The van der Waals surface area contributed by atoms with Gasteiger partial charge in [0.05, 0.1) is 0 Å². The van der Waals surface area contributed by atoms with Crippen molar-refractivity contribution in [3.63, 3.8) is 0 Å². The van der Waals surface area contributed by atoms with Crippen molar-refractivity contribution in [2.45, 2.75) is 5.85 Å². The van der Waals surface area contributed by atoms with Crippen LogP contribution in [0.1, 0.15) is 0 Å². The van der Waals surface area contributed by atoms with Gasteiger partial charge in [0.1, 0.15) is 5.85 Å². The molecule has 1 atom stereocenters. The number of hydrogen-bond donors (Lipinski definition) is 0. The molecule has 0 rings (SSSR count). The van der Waals surface area contributed by atoms with E-state index < -0.39 is 5.85 Å². The Balaban J connectivity index is 2.96. The van der Waals surface area contributed by atoms with Gasteiger partial charge in [-0.25, -0.2) is 0 Å². The van der Waals surface area contributed by atoms with E-state index in [1.165, 1.54) is 7.11 Å². The molecule has 0 heterocycles. The number of rotatable bonds is 2. The molecule has 0 bridgehead atoms. The molecule has 0 fully saturated rings. The van der Waals surface area contributed by atoms with E-state index in [-0.39, 0.29) is 8.46 Å². The predicted molar refractivity (Wildman–Crippen MR) is 23.8 cm³/mol. The lowest BCUT2D eigenvalue weighted by Crippen LogP contribution is -1.91. The van der Waals surface area contributed by atoms with Crippen molar-refractivity contribution in [1.82, 2.24) is 0 Å². The average Bonchev–Trinajstić information content (AvgIpc) is 1.65. The minimum absolute atomic E-state index is 0.0552. The van der Waals surface area contributed by atoms with Gasteiger partial charge in [-0.2, -0.15) is 0 Å². The van der Waals surface area contributed by atoms with Gasteiger partial charge in [0.2, 0.25) is 0 Å². The highest BCUT2D eigenvalue weighted by molar-refractivity contribution is 7.24. The fourth-order valence-corrected chi connectivity index (χ4v) is 0.129. The van der Waals surface area contributed by atoms with Crippen LogP contribution in [0.15, 0.2) is 0 Å². The van der Waals surface area contributed by atoms with E-state index in [9.17, 15) is 4.57 Å². The molecule has 3 heteroatoms. The Kier molecular flexibility index (Phi) is 3.29. The molecule has 0 saturated heterocycles.